The Hall–Kier alpha value is -0.810. The summed E-state index contributed by atoms with van der Waals surface area (Å²) in [4.78, 5) is 10.8. The van der Waals surface area contributed by atoms with Gasteiger partial charge in [-0.2, -0.15) is 8.42 Å². The number of rotatable bonds is 4. The lowest BCUT2D eigenvalue weighted by atomic mass is 10.2. The number of alkyl halides is 1. The normalized spacial score (nSPS) is 12.5. The molecule has 0 radical (unpaired) electrons. The van der Waals surface area contributed by atoms with E-state index in [1.165, 1.54) is 0 Å². The first kappa shape index (κ1) is 14.2. The van der Waals surface area contributed by atoms with Gasteiger partial charge in [0, 0.05) is 0 Å². The second-order valence-electron chi connectivity index (χ2n) is 2.32. The van der Waals surface area contributed by atoms with E-state index < -0.39 is 40.4 Å². The summed E-state index contributed by atoms with van der Waals surface area (Å²) in [7, 11) is -4.08. The number of aliphatic hydroxyl groups is 2. The molecule has 0 aliphatic heterocycles. The molecule has 2 N–H and O–H groups in total. The average Bonchev–Trinajstić information content (AvgIpc) is 2.13. The number of hydrogen-bond acceptors (Lipinski definition) is 6. The average molecular weight is 257 g/mol. The van der Waals surface area contributed by atoms with Crippen LogP contribution in [-0.2, 0) is 19.1 Å². The summed E-state index contributed by atoms with van der Waals surface area (Å²) in [5, 5.41) is 16.4. The van der Waals surface area contributed by atoms with E-state index in [2.05, 4.69) is 16.0 Å². The second kappa shape index (κ2) is 6.63. The van der Waals surface area contributed by atoms with Crippen molar-refractivity contribution >= 4 is 27.7 Å². The summed E-state index contributed by atoms with van der Waals surface area (Å²) in [6.07, 6.45) is -1.99. The van der Waals surface area contributed by atoms with Gasteiger partial charge in [0.2, 0.25) is 0 Å². The van der Waals surface area contributed by atoms with E-state index in [-0.39, 0.29) is 0 Å². The third kappa shape index (κ3) is 7.16. The number of carbonyl (C=O) groups excluding carboxylic acids is 1. The molecule has 0 aliphatic carbocycles. The fraction of sp³-hybridized carbons (Fsp3) is 0.571. The maximum absolute atomic E-state index is 10.8. The molecular weight excluding hydrogens is 248 g/mol. The van der Waals surface area contributed by atoms with Crippen LogP contribution in [0.3, 0.4) is 0 Å². The van der Waals surface area contributed by atoms with Crippen molar-refractivity contribution in [3.63, 3.8) is 0 Å². The standard InChI is InChI=1S/C7H9ClO6S/c8-5-15(12,13)14-7(11)4-6(10)2-1-3-9/h6,9-10H,3-5H2. The van der Waals surface area contributed by atoms with Gasteiger partial charge in [0.15, 0.2) is 5.21 Å². The molecule has 0 amide bonds. The molecule has 0 fully saturated rings. The Balaban J connectivity index is 4.16. The molecule has 1 atom stereocenters. The first-order valence-electron chi connectivity index (χ1n) is 3.69. The Morgan fingerprint density at radius 1 is 1.53 bits per heavy atom. The molecule has 0 aromatic rings. The van der Waals surface area contributed by atoms with Crippen LogP contribution in [0, 0.1) is 11.8 Å². The second-order valence-corrected chi connectivity index (χ2v) is 4.48. The van der Waals surface area contributed by atoms with E-state index in [9.17, 15) is 13.2 Å². The molecular formula is C7H9ClO6S. The van der Waals surface area contributed by atoms with Gasteiger partial charge < -0.3 is 14.4 Å². The highest BCUT2D eigenvalue weighted by atomic mass is 35.5. The first-order valence-corrected chi connectivity index (χ1v) is 5.80. The van der Waals surface area contributed by atoms with Crippen molar-refractivity contribution in [2.75, 3.05) is 11.8 Å². The third-order valence-corrected chi connectivity index (χ3v) is 2.57. The van der Waals surface area contributed by atoms with Gasteiger partial charge in [-0.3, -0.25) is 4.79 Å². The Kier molecular flexibility index (Phi) is 6.27. The van der Waals surface area contributed by atoms with Gasteiger partial charge in [-0.1, -0.05) is 11.8 Å². The SMILES string of the molecule is O=C(CC(O)C#CCO)OS(=O)(=O)CCl. The van der Waals surface area contributed by atoms with Crippen molar-refractivity contribution in [1.29, 1.82) is 0 Å². The highest BCUT2D eigenvalue weighted by Crippen LogP contribution is 2.01. The fourth-order valence-corrected chi connectivity index (χ4v) is 1.10. The molecule has 0 rings (SSSR count). The molecule has 0 spiro atoms. The van der Waals surface area contributed by atoms with Gasteiger partial charge in [0.05, 0.1) is 6.42 Å². The largest absolute Gasteiger partial charge is 0.384 e. The van der Waals surface area contributed by atoms with Crippen LogP contribution in [0.25, 0.3) is 0 Å². The summed E-state index contributed by atoms with van der Waals surface area (Å²) in [5.41, 5.74) is 0. The van der Waals surface area contributed by atoms with Crippen LogP contribution in [0.2, 0.25) is 0 Å². The Morgan fingerprint density at radius 3 is 2.60 bits per heavy atom. The predicted molar refractivity (Wildman–Crippen MR) is 51.2 cm³/mol. The van der Waals surface area contributed by atoms with Gasteiger partial charge in [-0.05, 0) is 0 Å². The quantitative estimate of drug-likeness (QED) is 0.372. The van der Waals surface area contributed by atoms with Crippen molar-refractivity contribution in [3.8, 4) is 11.8 Å². The van der Waals surface area contributed by atoms with Crippen LogP contribution < -0.4 is 0 Å². The zero-order valence-corrected chi connectivity index (χ0v) is 9.08. The third-order valence-electron chi connectivity index (χ3n) is 1.06. The van der Waals surface area contributed by atoms with E-state index in [4.69, 9.17) is 21.8 Å². The number of aliphatic hydroxyl groups excluding tert-OH is 2. The van der Waals surface area contributed by atoms with Crippen molar-refractivity contribution in [2.45, 2.75) is 12.5 Å². The van der Waals surface area contributed by atoms with Crippen molar-refractivity contribution in [3.05, 3.63) is 0 Å². The van der Waals surface area contributed by atoms with Crippen molar-refractivity contribution < 1.29 is 27.6 Å². The molecule has 8 heteroatoms. The minimum absolute atomic E-state index is 0.466. The maximum Gasteiger partial charge on any atom is 0.325 e. The maximum atomic E-state index is 10.8. The summed E-state index contributed by atoms with van der Waals surface area (Å²) in [6, 6.07) is 0. The highest BCUT2D eigenvalue weighted by molar-refractivity contribution is 7.88. The monoisotopic (exact) mass is 256 g/mol. The number of carbonyl (C=O) groups is 1. The Morgan fingerprint density at radius 2 is 2.13 bits per heavy atom. The zero-order chi connectivity index (χ0) is 11.9. The summed E-state index contributed by atoms with van der Waals surface area (Å²) < 4.78 is 25.3. The lowest BCUT2D eigenvalue weighted by molar-refractivity contribution is -0.135. The molecule has 0 heterocycles. The lowest BCUT2D eigenvalue weighted by Crippen LogP contribution is -2.18. The van der Waals surface area contributed by atoms with Crippen molar-refractivity contribution in [2.24, 2.45) is 0 Å². The molecule has 0 aromatic carbocycles. The van der Waals surface area contributed by atoms with Crippen molar-refractivity contribution in [1.82, 2.24) is 0 Å². The van der Waals surface area contributed by atoms with E-state index in [0.717, 1.165) is 0 Å². The molecule has 0 aromatic heterocycles. The van der Waals surface area contributed by atoms with E-state index >= 15 is 0 Å². The lowest BCUT2D eigenvalue weighted by Gasteiger charge is -2.03. The van der Waals surface area contributed by atoms with Crippen LogP contribution in [0.15, 0.2) is 0 Å². The molecule has 1 unspecified atom stereocenters. The molecule has 0 bridgehead atoms. The van der Waals surface area contributed by atoms with Gasteiger partial charge in [-0.25, -0.2) is 0 Å². The van der Waals surface area contributed by atoms with Gasteiger partial charge in [0.25, 0.3) is 0 Å². The summed E-state index contributed by atoms with van der Waals surface area (Å²) in [6.45, 7) is -0.466. The van der Waals surface area contributed by atoms with E-state index in [0.29, 0.717) is 0 Å². The molecule has 6 nitrogen and oxygen atoms in total. The van der Waals surface area contributed by atoms with Gasteiger partial charge >= 0.3 is 16.1 Å². The molecule has 15 heavy (non-hydrogen) atoms. The molecule has 0 aliphatic rings. The topological polar surface area (TPSA) is 101 Å². The summed E-state index contributed by atoms with van der Waals surface area (Å²) in [5.74, 6) is 3.04. The smallest absolute Gasteiger partial charge is 0.325 e. The Bertz CT molecular complexity index is 365. The molecule has 0 saturated carbocycles. The molecule has 0 saturated heterocycles. The van der Waals surface area contributed by atoms with Crippen LogP contribution >= 0.6 is 11.6 Å². The van der Waals surface area contributed by atoms with Crippen LogP contribution in [0.4, 0.5) is 0 Å². The Labute approximate surface area is 91.9 Å². The molecule has 86 valence electrons. The van der Waals surface area contributed by atoms with Crippen LogP contribution in [-0.4, -0.2) is 42.5 Å². The number of halogens is 1. The highest BCUT2D eigenvalue weighted by Gasteiger charge is 2.17. The van der Waals surface area contributed by atoms with Gasteiger partial charge in [0.1, 0.15) is 12.7 Å². The van der Waals surface area contributed by atoms with E-state index in [1.807, 2.05) is 0 Å². The minimum atomic E-state index is -4.08. The fourth-order valence-electron chi connectivity index (χ4n) is 0.570. The van der Waals surface area contributed by atoms with Crippen LogP contribution in [0.1, 0.15) is 6.42 Å². The zero-order valence-electron chi connectivity index (χ0n) is 7.51. The number of hydrogen-bond donors (Lipinski definition) is 2. The predicted octanol–water partition coefficient (Wildman–Crippen LogP) is -1.20. The minimum Gasteiger partial charge on any atom is -0.384 e. The summed E-state index contributed by atoms with van der Waals surface area (Å²) >= 11 is 4.97. The van der Waals surface area contributed by atoms with Crippen LogP contribution in [0.5, 0.6) is 0 Å². The van der Waals surface area contributed by atoms with Gasteiger partial charge in [-0.15, -0.1) is 11.6 Å². The first-order chi connectivity index (χ1) is 6.91. The van der Waals surface area contributed by atoms with E-state index in [1.54, 1.807) is 0 Å².